The molecule has 0 atom stereocenters. The Morgan fingerprint density at radius 2 is 0.277 bits per heavy atom. The van der Waals surface area contributed by atoms with E-state index in [4.69, 9.17) is 0 Å². The SMILES string of the molecule is Fc1c(F)c(F)c([B-](c2c(F)c(F)c(F)c(F)c2F)(c2c(F)c(F)c(F)c(F)c2F)c2c(F)c(F)c(F)c(F)c2F)c(F)c1F.[Br-].[Mg+2]. The fraction of sp³-hybridized carbons (Fsp3) is 0. The Morgan fingerprint density at radius 1 is 0.191 bits per heavy atom. The molecule has 0 saturated heterocycles. The van der Waals surface area contributed by atoms with Crippen LogP contribution in [-0.2, 0) is 0 Å². The largest absolute Gasteiger partial charge is 2.00 e. The Kier molecular flexibility index (Phi) is 11.4. The molecular weight excluding hydrogens is 783 g/mol. The average molecular weight is 783 g/mol. The van der Waals surface area contributed by atoms with Crippen LogP contribution in [0.4, 0.5) is 87.8 Å². The van der Waals surface area contributed by atoms with E-state index >= 15 is 35.1 Å². The maximum absolute atomic E-state index is 15.4. The van der Waals surface area contributed by atoms with E-state index in [0.717, 1.165) is 0 Å². The summed E-state index contributed by atoms with van der Waals surface area (Å²) in [4.78, 5) is 0. The Bertz CT molecular complexity index is 1580. The maximum Gasteiger partial charge on any atom is 2.00 e. The second-order valence-corrected chi connectivity index (χ2v) is 8.80. The molecule has 0 unspecified atom stereocenters. The van der Waals surface area contributed by atoms with E-state index in [0.29, 0.717) is 0 Å². The van der Waals surface area contributed by atoms with Crippen molar-refractivity contribution in [2.24, 2.45) is 0 Å². The molecule has 0 aliphatic rings. The van der Waals surface area contributed by atoms with E-state index in [9.17, 15) is 52.7 Å². The van der Waals surface area contributed by atoms with Crippen molar-refractivity contribution in [3.63, 3.8) is 0 Å². The fourth-order valence-electron chi connectivity index (χ4n) is 4.87. The van der Waals surface area contributed by atoms with Gasteiger partial charge in [0.1, 0.15) is 52.7 Å². The molecule has 0 saturated carbocycles. The molecule has 47 heavy (non-hydrogen) atoms. The van der Waals surface area contributed by atoms with Gasteiger partial charge < -0.3 is 17.0 Å². The molecule has 0 radical (unpaired) electrons. The monoisotopic (exact) mass is 782 g/mol. The molecule has 0 heterocycles. The van der Waals surface area contributed by atoms with Gasteiger partial charge in [-0.05, 0) is 0 Å². The van der Waals surface area contributed by atoms with Crippen LogP contribution in [0.5, 0.6) is 0 Å². The van der Waals surface area contributed by atoms with Crippen LogP contribution in [0, 0.1) is 116 Å². The normalized spacial score (nSPS) is 11.5. The van der Waals surface area contributed by atoms with Crippen LogP contribution >= 0.6 is 0 Å². The minimum absolute atomic E-state index is 0. The van der Waals surface area contributed by atoms with Crippen LogP contribution in [0.25, 0.3) is 0 Å². The van der Waals surface area contributed by atoms with Gasteiger partial charge in [-0.25, -0.2) is 87.8 Å². The Labute approximate surface area is 271 Å². The fourth-order valence-corrected chi connectivity index (χ4v) is 4.87. The van der Waals surface area contributed by atoms with Crippen molar-refractivity contribution in [2.45, 2.75) is 0 Å². The predicted molar refractivity (Wildman–Crippen MR) is 115 cm³/mol. The summed E-state index contributed by atoms with van der Waals surface area (Å²) in [6, 6.07) is 0. The summed E-state index contributed by atoms with van der Waals surface area (Å²) in [5.74, 6) is -71.4. The third-order valence-corrected chi connectivity index (χ3v) is 6.71. The van der Waals surface area contributed by atoms with Gasteiger partial charge in [-0.15, -0.1) is 21.9 Å². The molecule has 0 spiro atoms. The minimum Gasteiger partial charge on any atom is -1.00 e. The van der Waals surface area contributed by atoms with E-state index in [1.165, 1.54) is 0 Å². The van der Waals surface area contributed by atoms with Gasteiger partial charge in [-0.1, -0.05) is 0 Å². The molecule has 4 aromatic rings. The molecule has 0 aliphatic heterocycles. The van der Waals surface area contributed by atoms with Crippen LogP contribution in [0.15, 0.2) is 0 Å². The van der Waals surface area contributed by atoms with Crippen molar-refractivity contribution in [3.8, 4) is 0 Å². The van der Waals surface area contributed by atoms with Gasteiger partial charge >= 0.3 is 23.1 Å². The van der Waals surface area contributed by atoms with Gasteiger partial charge in [0.25, 0.3) is 0 Å². The molecule has 23 heteroatoms. The van der Waals surface area contributed by atoms with Gasteiger partial charge in [-0.3, -0.25) is 0 Å². The minimum atomic E-state index is -7.22. The van der Waals surface area contributed by atoms with Crippen molar-refractivity contribution < 1.29 is 105 Å². The summed E-state index contributed by atoms with van der Waals surface area (Å²) in [5, 5.41) is 0. The molecule has 0 aliphatic carbocycles. The van der Waals surface area contributed by atoms with Crippen molar-refractivity contribution in [1.82, 2.24) is 0 Å². The Hall–Kier alpha value is -3.21. The van der Waals surface area contributed by atoms with E-state index in [2.05, 4.69) is 0 Å². The summed E-state index contributed by atoms with van der Waals surface area (Å²) in [6.45, 7) is 0. The first kappa shape index (κ1) is 40.0. The van der Waals surface area contributed by atoms with Gasteiger partial charge in [0.15, 0.2) is 69.8 Å². The van der Waals surface area contributed by atoms with E-state index in [1.54, 1.807) is 0 Å². The quantitative estimate of drug-likeness (QED) is 0.129. The number of hydrogen-bond donors (Lipinski definition) is 0. The van der Waals surface area contributed by atoms with Crippen LogP contribution < -0.4 is 38.8 Å². The van der Waals surface area contributed by atoms with Gasteiger partial charge in [0.05, 0.1) is 0 Å². The number of hydrogen-bond acceptors (Lipinski definition) is 0. The smallest absolute Gasteiger partial charge is 1.00 e. The third kappa shape index (κ3) is 5.22. The van der Waals surface area contributed by atoms with E-state index < -0.39 is 144 Å². The van der Waals surface area contributed by atoms with Gasteiger partial charge in [0.2, 0.25) is 0 Å². The second-order valence-electron chi connectivity index (χ2n) is 8.80. The zero-order chi connectivity index (χ0) is 34.4. The van der Waals surface area contributed by atoms with Gasteiger partial charge in [0, 0.05) is 0 Å². The molecule has 0 bridgehead atoms. The molecule has 0 N–H and O–H groups in total. The number of rotatable bonds is 4. The van der Waals surface area contributed by atoms with Crippen LogP contribution in [0.2, 0.25) is 0 Å². The standard InChI is InChI=1S/C24BF20.BrH.Mg/c26-5-1(6(27)14(35)21(42)13(5)34)25(2-7(28)15(36)22(43)16(37)8(2)29,3-9(30)17(38)23(44)18(39)10(3)31)4-11(32)19(40)24(45)20(41)12(4)33;;/h;1H;/q-1;;+2/p-1. The summed E-state index contributed by atoms with van der Waals surface area (Å²) in [7, 11) is 0. The molecule has 0 amide bonds. The van der Waals surface area contributed by atoms with Crippen molar-refractivity contribution in [3.05, 3.63) is 116 Å². The van der Waals surface area contributed by atoms with Crippen LogP contribution in [0.3, 0.4) is 0 Å². The van der Waals surface area contributed by atoms with E-state index in [1.807, 2.05) is 0 Å². The molecule has 0 fully saturated rings. The zero-order valence-electron chi connectivity index (χ0n) is 21.2. The number of benzene rings is 4. The second kappa shape index (κ2) is 13.4. The van der Waals surface area contributed by atoms with Crippen LogP contribution in [-0.4, -0.2) is 29.2 Å². The van der Waals surface area contributed by atoms with Crippen molar-refractivity contribution >= 4 is 51.0 Å². The third-order valence-electron chi connectivity index (χ3n) is 6.71. The molecule has 0 aromatic heterocycles. The molecular formula is C24BBrF20Mg. The topological polar surface area (TPSA) is 0 Å². The molecule has 248 valence electrons. The molecule has 4 aromatic carbocycles. The summed E-state index contributed by atoms with van der Waals surface area (Å²) in [6.07, 6.45) is -7.22. The van der Waals surface area contributed by atoms with Crippen molar-refractivity contribution in [1.29, 1.82) is 0 Å². The van der Waals surface area contributed by atoms with Gasteiger partial charge in [-0.2, -0.15) is 0 Å². The summed E-state index contributed by atoms with van der Waals surface area (Å²) in [5.41, 5.74) is -14.3. The Balaban J connectivity index is 0.00000384. The summed E-state index contributed by atoms with van der Waals surface area (Å²) < 4.78 is 294. The maximum atomic E-state index is 15.4. The summed E-state index contributed by atoms with van der Waals surface area (Å²) >= 11 is 0. The first-order chi connectivity index (χ1) is 20.7. The predicted octanol–water partition coefficient (Wildman–Crippen LogP) is 2.47. The average Bonchev–Trinajstić information content (AvgIpc) is 3.00. The zero-order valence-corrected chi connectivity index (χ0v) is 24.2. The first-order valence-electron chi connectivity index (χ1n) is 10.9. The molecule has 0 nitrogen and oxygen atoms in total. The first-order valence-corrected chi connectivity index (χ1v) is 10.9. The Morgan fingerprint density at radius 3 is 0.383 bits per heavy atom. The number of halogens is 21. The van der Waals surface area contributed by atoms with E-state index in [-0.39, 0.29) is 40.0 Å². The van der Waals surface area contributed by atoms with Crippen LogP contribution in [0.1, 0.15) is 0 Å². The van der Waals surface area contributed by atoms with Crippen molar-refractivity contribution in [2.75, 3.05) is 0 Å². The molecule has 4 rings (SSSR count).